The third kappa shape index (κ3) is 4.25. The van der Waals surface area contributed by atoms with Crippen LogP contribution in [0.3, 0.4) is 0 Å². The molecule has 0 radical (unpaired) electrons. The maximum atomic E-state index is 11.3. The van der Waals surface area contributed by atoms with E-state index in [2.05, 4.69) is 18.2 Å². The zero-order valence-corrected chi connectivity index (χ0v) is 17.7. The minimum absolute atomic E-state index is 0.0574. The molecule has 162 valence electrons. The van der Waals surface area contributed by atoms with E-state index in [9.17, 15) is 9.90 Å². The summed E-state index contributed by atoms with van der Waals surface area (Å²) < 4.78 is 12.0. The number of furan rings is 1. The fourth-order valence-electron chi connectivity index (χ4n) is 4.15. The van der Waals surface area contributed by atoms with Crippen LogP contribution in [0.5, 0.6) is 5.75 Å². The molecule has 1 aliphatic carbocycles. The number of ether oxygens (including phenoxy) is 1. The summed E-state index contributed by atoms with van der Waals surface area (Å²) >= 11 is 0. The topological polar surface area (TPSA) is 85.7 Å². The van der Waals surface area contributed by atoms with Crippen molar-refractivity contribution >= 4 is 16.9 Å². The number of nitrogens with two attached hydrogens (primary N) is 1. The fraction of sp³-hybridized carbons (Fsp3) is 0.222. The average Bonchev–Trinajstić information content (AvgIpc) is 3.54. The lowest BCUT2D eigenvalue weighted by molar-refractivity contribution is -0.136. The fourth-order valence-corrected chi connectivity index (χ4v) is 4.15. The van der Waals surface area contributed by atoms with Gasteiger partial charge in [0.25, 0.3) is 0 Å². The lowest BCUT2D eigenvalue weighted by atomic mass is 9.99. The zero-order valence-electron chi connectivity index (χ0n) is 17.7. The normalized spacial score (nSPS) is 13.4. The van der Waals surface area contributed by atoms with E-state index in [1.54, 1.807) is 6.26 Å². The van der Waals surface area contributed by atoms with Crippen LogP contribution in [-0.2, 0) is 24.4 Å². The zero-order chi connectivity index (χ0) is 22.1. The number of aliphatic carboxylic acids is 1. The molecule has 5 heteroatoms. The van der Waals surface area contributed by atoms with Crippen LogP contribution in [0.1, 0.15) is 41.0 Å². The van der Waals surface area contributed by atoms with Crippen LogP contribution in [0.15, 0.2) is 71.3 Å². The number of carboxylic acid groups (broad SMARTS) is 1. The summed E-state index contributed by atoms with van der Waals surface area (Å²) in [6.45, 7) is 0.813. The Morgan fingerprint density at radius 1 is 1.06 bits per heavy atom. The lowest BCUT2D eigenvalue weighted by Crippen LogP contribution is -2.05. The Kier molecular flexibility index (Phi) is 5.41. The molecule has 0 bridgehead atoms. The van der Waals surface area contributed by atoms with E-state index >= 15 is 0 Å². The highest BCUT2D eigenvalue weighted by Gasteiger charge is 2.24. The van der Waals surface area contributed by atoms with Crippen molar-refractivity contribution in [3.05, 3.63) is 89.2 Å². The molecule has 0 saturated heterocycles. The van der Waals surface area contributed by atoms with Crippen LogP contribution < -0.4 is 10.5 Å². The summed E-state index contributed by atoms with van der Waals surface area (Å²) in [5.41, 5.74) is 12.6. The highest BCUT2D eigenvalue weighted by atomic mass is 16.5. The van der Waals surface area contributed by atoms with Gasteiger partial charge in [0.1, 0.15) is 17.9 Å². The Bertz CT molecular complexity index is 1290. The largest absolute Gasteiger partial charge is 0.489 e. The number of hydrogen-bond donors (Lipinski definition) is 2. The monoisotopic (exact) mass is 427 g/mol. The summed E-state index contributed by atoms with van der Waals surface area (Å²) in [5, 5.41) is 10.3. The Balaban J connectivity index is 1.47. The second-order valence-corrected chi connectivity index (χ2v) is 8.39. The molecule has 1 aromatic heterocycles. The quantitative estimate of drug-likeness (QED) is 0.380. The van der Waals surface area contributed by atoms with Gasteiger partial charge in [-0.2, -0.15) is 0 Å². The molecule has 32 heavy (non-hydrogen) atoms. The Hall–Kier alpha value is -3.57. The van der Waals surface area contributed by atoms with Crippen molar-refractivity contribution in [2.75, 3.05) is 0 Å². The van der Waals surface area contributed by atoms with Gasteiger partial charge in [-0.05, 0) is 71.3 Å². The van der Waals surface area contributed by atoms with Crippen LogP contribution in [0.2, 0.25) is 0 Å². The van der Waals surface area contributed by atoms with Gasteiger partial charge in [0.05, 0.1) is 12.7 Å². The van der Waals surface area contributed by atoms with E-state index in [1.165, 1.54) is 18.4 Å². The molecular formula is C27H25NO4. The molecule has 5 rings (SSSR count). The van der Waals surface area contributed by atoms with E-state index in [0.29, 0.717) is 30.4 Å². The molecule has 0 aliphatic heterocycles. The number of rotatable bonds is 8. The standard InChI is InChI=1S/C27H25NO4/c28-15-17-2-1-3-21(10-17)24-12-18(11-23-8-9-31-27(23)24)16-32-25-13-20(19-4-5-19)6-7-22(25)14-26(29)30/h1-3,6-13,19H,4-5,14-16,28H2,(H,29,30). The van der Waals surface area contributed by atoms with E-state index in [1.807, 2.05) is 42.5 Å². The Morgan fingerprint density at radius 2 is 1.94 bits per heavy atom. The highest BCUT2D eigenvalue weighted by Crippen LogP contribution is 2.42. The van der Waals surface area contributed by atoms with E-state index in [0.717, 1.165) is 33.2 Å². The predicted molar refractivity (Wildman–Crippen MR) is 124 cm³/mol. The smallest absolute Gasteiger partial charge is 0.307 e. The van der Waals surface area contributed by atoms with Crippen molar-refractivity contribution in [2.24, 2.45) is 5.73 Å². The van der Waals surface area contributed by atoms with E-state index in [-0.39, 0.29) is 6.42 Å². The molecule has 0 amide bonds. The molecule has 0 unspecified atom stereocenters. The van der Waals surface area contributed by atoms with E-state index in [4.69, 9.17) is 14.9 Å². The van der Waals surface area contributed by atoms with Gasteiger partial charge in [0.15, 0.2) is 0 Å². The second kappa shape index (κ2) is 8.52. The molecule has 1 heterocycles. The van der Waals surface area contributed by atoms with Gasteiger partial charge >= 0.3 is 5.97 Å². The molecular weight excluding hydrogens is 402 g/mol. The van der Waals surface area contributed by atoms with Gasteiger partial charge in [0.2, 0.25) is 0 Å². The summed E-state index contributed by atoms with van der Waals surface area (Å²) in [6, 6.07) is 20.1. The second-order valence-electron chi connectivity index (χ2n) is 8.39. The van der Waals surface area contributed by atoms with Gasteiger partial charge in [-0.3, -0.25) is 4.79 Å². The first kappa shape index (κ1) is 20.3. The van der Waals surface area contributed by atoms with Gasteiger partial charge in [0, 0.05) is 23.1 Å². The number of fused-ring (bicyclic) bond motifs is 1. The van der Waals surface area contributed by atoms with Crippen molar-refractivity contribution in [1.29, 1.82) is 0 Å². The molecule has 0 spiro atoms. The van der Waals surface area contributed by atoms with Crippen molar-refractivity contribution in [1.82, 2.24) is 0 Å². The van der Waals surface area contributed by atoms with Gasteiger partial charge in [-0.15, -0.1) is 0 Å². The molecule has 4 aromatic rings. The van der Waals surface area contributed by atoms with Crippen LogP contribution in [0.25, 0.3) is 22.1 Å². The molecule has 0 atom stereocenters. The third-order valence-corrected chi connectivity index (χ3v) is 5.96. The van der Waals surface area contributed by atoms with Gasteiger partial charge in [-0.1, -0.05) is 30.3 Å². The summed E-state index contributed by atoms with van der Waals surface area (Å²) in [4.78, 5) is 11.3. The molecule has 3 aromatic carbocycles. The first-order chi connectivity index (χ1) is 15.6. The highest BCUT2D eigenvalue weighted by molar-refractivity contribution is 5.93. The molecule has 5 nitrogen and oxygen atoms in total. The average molecular weight is 428 g/mol. The van der Waals surface area contributed by atoms with Crippen LogP contribution in [0.4, 0.5) is 0 Å². The molecule has 3 N–H and O–H groups in total. The van der Waals surface area contributed by atoms with Crippen molar-refractivity contribution < 1.29 is 19.1 Å². The van der Waals surface area contributed by atoms with Crippen LogP contribution in [-0.4, -0.2) is 11.1 Å². The summed E-state index contributed by atoms with van der Waals surface area (Å²) in [7, 11) is 0. The van der Waals surface area contributed by atoms with E-state index < -0.39 is 5.97 Å². The van der Waals surface area contributed by atoms with Gasteiger partial charge < -0.3 is 20.0 Å². The Morgan fingerprint density at radius 3 is 2.72 bits per heavy atom. The lowest BCUT2D eigenvalue weighted by Gasteiger charge is -2.14. The molecule has 1 saturated carbocycles. The minimum atomic E-state index is -0.865. The number of benzene rings is 3. The van der Waals surface area contributed by atoms with Crippen LogP contribution in [0, 0.1) is 0 Å². The number of hydrogen-bond acceptors (Lipinski definition) is 4. The number of carboxylic acids is 1. The Labute approximate surface area is 186 Å². The summed E-state index contributed by atoms with van der Waals surface area (Å²) in [5.74, 6) is 0.353. The molecule has 1 fully saturated rings. The van der Waals surface area contributed by atoms with Crippen LogP contribution >= 0.6 is 0 Å². The van der Waals surface area contributed by atoms with Crippen molar-refractivity contribution in [3.8, 4) is 16.9 Å². The van der Waals surface area contributed by atoms with Gasteiger partial charge in [-0.25, -0.2) is 0 Å². The van der Waals surface area contributed by atoms with Crippen molar-refractivity contribution in [3.63, 3.8) is 0 Å². The first-order valence-electron chi connectivity index (χ1n) is 10.9. The van der Waals surface area contributed by atoms with Crippen molar-refractivity contribution in [2.45, 2.75) is 38.3 Å². The minimum Gasteiger partial charge on any atom is -0.489 e. The maximum Gasteiger partial charge on any atom is 0.307 e. The first-order valence-corrected chi connectivity index (χ1v) is 10.9. The predicted octanol–water partition coefficient (Wildman–Crippen LogP) is 5.64. The maximum absolute atomic E-state index is 11.3. The summed E-state index contributed by atoms with van der Waals surface area (Å²) in [6.07, 6.45) is 3.99. The third-order valence-electron chi connectivity index (χ3n) is 5.96. The molecule has 1 aliphatic rings. The SMILES string of the molecule is NCc1cccc(-c2cc(COc3cc(C4CC4)ccc3CC(=O)O)cc3ccoc23)c1. The number of carbonyl (C=O) groups is 1.